The van der Waals surface area contributed by atoms with Gasteiger partial charge < -0.3 is 18.4 Å². The van der Waals surface area contributed by atoms with E-state index in [1.54, 1.807) is 0 Å². The fourth-order valence-corrected chi connectivity index (χ4v) is 104. The van der Waals surface area contributed by atoms with Crippen molar-refractivity contribution in [3.05, 3.63) is 0 Å². The molecule has 5 nitrogen and oxygen atoms in total. The van der Waals surface area contributed by atoms with Gasteiger partial charge in [0.15, 0.2) is 0 Å². The molecular formula is C33H82O5Si10. The highest BCUT2D eigenvalue weighted by molar-refractivity contribution is 7.25. The summed E-state index contributed by atoms with van der Waals surface area (Å²) in [5.41, 5.74) is 0. The highest BCUT2D eigenvalue weighted by Gasteiger charge is 2.87. The molecule has 0 amide bonds. The number of rotatable bonds is 10. The Labute approximate surface area is 309 Å². The van der Waals surface area contributed by atoms with Crippen LogP contribution in [-0.4, -0.2) is 97.5 Å². The van der Waals surface area contributed by atoms with Crippen LogP contribution in [0.1, 0.15) is 25.7 Å². The summed E-state index contributed by atoms with van der Waals surface area (Å²) >= 11 is 0. The fourth-order valence-electron chi connectivity index (χ4n) is 14.3. The van der Waals surface area contributed by atoms with E-state index in [1.165, 1.54) is 0 Å². The zero-order valence-electron chi connectivity index (χ0n) is 36.4. The van der Waals surface area contributed by atoms with Crippen LogP contribution in [0.2, 0.25) is 174 Å². The van der Waals surface area contributed by atoms with Crippen molar-refractivity contribution in [1.82, 2.24) is 0 Å². The van der Waals surface area contributed by atoms with Crippen LogP contribution in [0.25, 0.3) is 0 Å². The topological polar surface area (TPSA) is 76.0 Å². The summed E-state index contributed by atoms with van der Waals surface area (Å²) in [6, 6.07) is 0. The van der Waals surface area contributed by atoms with Crippen LogP contribution in [0.5, 0.6) is 0 Å². The smallest absolute Gasteiger partial charge is 0.464 e. The molecule has 2 aliphatic heterocycles. The van der Waals surface area contributed by atoms with Gasteiger partial charge >= 0.3 is 23.3 Å². The maximum Gasteiger partial charge on any atom is 0.484 e. The SMILES string of the molecule is C[Si](C)(C)C1([Si](C)(C)C)CCC([Si](C)(C)C)([Si](C)(C)C)[Si]1(O)OC(=O)O[Si]1(O)C([Si](C)(C)C)([Si](C)(C)C)CCC1([Si](C)(C)C)[Si](C)(C)C. The van der Waals surface area contributed by atoms with Crippen LogP contribution in [0.4, 0.5) is 4.79 Å². The molecule has 0 radical (unpaired) electrons. The molecule has 2 N–H and O–H groups in total. The van der Waals surface area contributed by atoms with Crippen molar-refractivity contribution in [2.45, 2.75) is 200 Å². The molecule has 0 aliphatic carbocycles. The summed E-state index contributed by atoms with van der Waals surface area (Å²) in [6.45, 7) is 58.4. The largest absolute Gasteiger partial charge is 0.484 e. The second-order valence-electron chi connectivity index (χ2n) is 24.4. The minimum absolute atomic E-state index is 0.324. The first-order valence-corrected chi connectivity index (χ1v) is 50.6. The normalized spacial score (nSPS) is 24.4. The third-order valence-electron chi connectivity index (χ3n) is 14.8. The van der Waals surface area contributed by atoms with Gasteiger partial charge in [-0.1, -0.05) is 157 Å². The third kappa shape index (κ3) is 5.72. The average molecular weight is 840 g/mol. The number of carbonyl (C=O) groups excluding carboxylic acids is 1. The van der Waals surface area contributed by atoms with Gasteiger partial charge in [-0.15, -0.1) is 0 Å². The lowest BCUT2D eigenvalue weighted by Gasteiger charge is -2.63. The minimum Gasteiger partial charge on any atom is -0.464 e. The van der Waals surface area contributed by atoms with Crippen molar-refractivity contribution in [3.8, 4) is 0 Å². The molecule has 2 fully saturated rings. The van der Waals surface area contributed by atoms with Gasteiger partial charge in [-0.05, 0) is 25.7 Å². The molecule has 48 heavy (non-hydrogen) atoms. The number of carbonyl (C=O) groups is 1. The first-order valence-electron chi connectivity index (χ1n) is 18.9. The number of hydrogen-bond acceptors (Lipinski definition) is 5. The summed E-state index contributed by atoms with van der Waals surface area (Å²) in [7, 11) is -24.9. The molecule has 2 saturated heterocycles. The molecule has 2 rings (SSSR count). The Morgan fingerprint density at radius 1 is 0.375 bits per heavy atom. The Morgan fingerprint density at radius 2 is 0.500 bits per heavy atom. The summed E-state index contributed by atoms with van der Waals surface area (Å²) in [5, 5.41) is 0. The van der Waals surface area contributed by atoms with Crippen molar-refractivity contribution in [2.75, 3.05) is 0 Å². The standard InChI is InChI=1S/C33H82O5Si10/c1-39(2,3)30(40(4,5)6)25-26-31(41(7,8)9,42(10,11)12)47(30,35)37-29(34)38-48(36)32(43(13,14)15,44(16,17)18)27-28-33(48,45(19,20)21)46(22,23)24/h35-36H,25-28H2,1-24H3. The molecule has 2 aliphatic rings. The van der Waals surface area contributed by atoms with Crippen LogP contribution in [0, 0.1) is 0 Å². The summed E-state index contributed by atoms with van der Waals surface area (Å²) in [6.07, 6.45) is 3.17. The van der Waals surface area contributed by atoms with Crippen molar-refractivity contribution in [1.29, 1.82) is 0 Å². The summed E-state index contributed by atoms with van der Waals surface area (Å²) in [4.78, 5) is 43.8. The lowest BCUT2D eigenvalue weighted by Crippen LogP contribution is -2.79. The minimum atomic E-state index is -3.90. The van der Waals surface area contributed by atoms with Gasteiger partial charge in [-0.2, -0.15) is 0 Å². The van der Waals surface area contributed by atoms with E-state index in [0.29, 0.717) is 0 Å². The molecule has 0 atom stereocenters. The van der Waals surface area contributed by atoms with Gasteiger partial charge in [0.25, 0.3) is 0 Å². The predicted octanol–water partition coefficient (Wildman–Crippen LogP) is 11.6. The lowest BCUT2D eigenvalue weighted by atomic mass is 10.4. The molecule has 15 heteroatoms. The molecule has 0 saturated carbocycles. The second-order valence-corrected chi connectivity index (χ2v) is 79.6. The zero-order chi connectivity index (χ0) is 38.8. The molecule has 0 aromatic heterocycles. The van der Waals surface area contributed by atoms with Crippen LogP contribution in [0.15, 0.2) is 0 Å². The van der Waals surface area contributed by atoms with E-state index in [1.807, 2.05) is 0 Å². The molecular weight excluding hydrogens is 757 g/mol. The Kier molecular flexibility index (Phi) is 11.6. The van der Waals surface area contributed by atoms with Crippen LogP contribution >= 0.6 is 0 Å². The molecule has 0 spiro atoms. The average Bonchev–Trinajstić information content (AvgIpc) is 3.19. The van der Waals surface area contributed by atoms with E-state index in [-0.39, 0.29) is 17.1 Å². The molecule has 284 valence electrons. The van der Waals surface area contributed by atoms with Gasteiger partial charge in [-0.3, -0.25) is 0 Å². The molecule has 0 unspecified atom stereocenters. The Bertz CT molecular complexity index is 999. The van der Waals surface area contributed by atoms with Crippen LogP contribution in [-0.2, 0) is 8.85 Å². The van der Waals surface area contributed by atoms with Gasteiger partial charge in [0.1, 0.15) is 0 Å². The maximum atomic E-state index is 15.4. The van der Waals surface area contributed by atoms with Crippen molar-refractivity contribution in [2.24, 2.45) is 0 Å². The third-order valence-corrected chi connectivity index (χ3v) is 87.9. The first kappa shape index (κ1) is 45.5. The summed E-state index contributed by atoms with van der Waals surface area (Å²) in [5.74, 6) is 0. The fraction of sp³-hybridized carbons (Fsp3) is 0.970. The Hall–Kier alpha value is 1.36. The molecule has 0 bridgehead atoms. The van der Waals surface area contributed by atoms with Crippen LogP contribution in [0.3, 0.4) is 0 Å². The summed E-state index contributed by atoms with van der Waals surface area (Å²) < 4.78 is 13.1. The molecule has 0 aromatic rings. The lowest BCUT2D eigenvalue weighted by molar-refractivity contribution is 0.117. The van der Waals surface area contributed by atoms with Gasteiger partial charge in [0, 0.05) is 17.1 Å². The monoisotopic (exact) mass is 838 g/mol. The molecule has 2 heterocycles. The van der Waals surface area contributed by atoms with Gasteiger partial charge in [0.2, 0.25) is 0 Å². The van der Waals surface area contributed by atoms with E-state index in [9.17, 15) is 9.59 Å². The van der Waals surface area contributed by atoms with Gasteiger partial charge in [0.05, 0.1) is 64.6 Å². The Balaban J connectivity index is 3.16. The van der Waals surface area contributed by atoms with Crippen molar-refractivity contribution >= 4 is 87.9 Å². The van der Waals surface area contributed by atoms with Crippen molar-refractivity contribution < 1.29 is 23.2 Å². The first-order chi connectivity index (χ1) is 20.5. The van der Waals surface area contributed by atoms with Gasteiger partial charge in [-0.25, -0.2) is 4.79 Å². The zero-order valence-corrected chi connectivity index (χ0v) is 46.4. The maximum absolute atomic E-state index is 15.4. The van der Waals surface area contributed by atoms with E-state index < -0.39 is 87.9 Å². The van der Waals surface area contributed by atoms with E-state index in [0.717, 1.165) is 25.7 Å². The highest BCUT2D eigenvalue weighted by Crippen LogP contribution is 2.77. The highest BCUT2D eigenvalue weighted by atomic mass is 28.5. The van der Waals surface area contributed by atoms with Crippen molar-refractivity contribution in [3.63, 3.8) is 0 Å². The van der Waals surface area contributed by atoms with Crippen LogP contribution < -0.4 is 0 Å². The van der Waals surface area contributed by atoms with E-state index >= 15 is 4.79 Å². The molecule has 0 aromatic carbocycles. The van der Waals surface area contributed by atoms with E-state index in [4.69, 9.17) is 8.85 Å². The number of hydrogen-bond donors (Lipinski definition) is 2. The van der Waals surface area contributed by atoms with E-state index in [2.05, 4.69) is 157 Å². The predicted molar refractivity (Wildman–Crippen MR) is 240 cm³/mol. The second kappa shape index (κ2) is 12.2. The Morgan fingerprint density at radius 3 is 0.604 bits per heavy atom. The quantitative estimate of drug-likeness (QED) is 0.214.